The van der Waals surface area contributed by atoms with Crippen LogP contribution in [0.3, 0.4) is 0 Å². The van der Waals surface area contributed by atoms with Crippen LogP contribution in [0.25, 0.3) is 0 Å². The number of halogens is 3. The molecule has 1 aromatic carbocycles. The van der Waals surface area contributed by atoms with Crippen molar-refractivity contribution in [3.63, 3.8) is 0 Å². The molecule has 13 heavy (non-hydrogen) atoms. The smallest absolute Gasteiger partial charge is 0.872 e. The zero-order chi connectivity index (χ0) is 9.19. The van der Waals surface area contributed by atoms with Gasteiger partial charge in [-0.25, -0.2) is 0 Å². The molecule has 0 unspecified atom stereocenters. The molecule has 0 fully saturated rings. The first-order valence-corrected chi connectivity index (χ1v) is 3.00. The fourth-order valence-corrected chi connectivity index (χ4v) is 0.641. The maximum atomic E-state index is 11.5. The summed E-state index contributed by atoms with van der Waals surface area (Å²) in [5.41, 5.74) is 0. The van der Waals surface area contributed by atoms with Crippen LogP contribution in [0.1, 0.15) is 0 Å². The third-order valence-corrected chi connectivity index (χ3v) is 1.06. The quantitative estimate of drug-likeness (QED) is 0.544. The molecule has 0 spiro atoms. The van der Waals surface area contributed by atoms with Crippen LogP contribution >= 0.6 is 0 Å². The van der Waals surface area contributed by atoms with E-state index in [1.54, 1.807) is 0 Å². The van der Waals surface area contributed by atoms with Gasteiger partial charge in [-0.05, 0) is 12.1 Å². The minimum Gasteiger partial charge on any atom is -0.872 e. The first-order valence-electron chi connectivity index (χ1n) is 3.00. The van der Waals surface area contributed by atoms with Crippen molar-refractivity contribution in [3.8, 4) is 11.5 Å². The predicted octanol–water partition coefficient (Wildman–Crippen LogP) is -1.34. The van der Waals surface area contributed by atoms with Gasteiger partial charge in [0.15, 0.2) is 0 Å². The van der Waals surface area contributed by atoms with Gasteiger partial charge in [-0.1, -0.05) is 12.1 Å². The van der Waals surface area contributed by atoms with Crippen molar-refractivity contribution in [3.05, 3.63) is 24.3 Å². The first kappa shape index (κ1) is 13.2. The van der Waals surface area contributed by atoms with Gasteiger partial charge >= 0.3 is 57.7 Å². The van der Waals surface area contributed by atoms with E-state index >= 15 is 0 Å². The Morgan fingerprint density at radius 2 is 1.54 bits per heavy atom. The summed E-state index contributed by atoms with van der Waals surface area (Å²) >= 11 is 0. The van der Waals surface area contributed by atoms with Gasteiger partial charge in [0.1, 0.15) is 5.75 Å². The molecule has 0 bridgehead atoms. The Morgan fingerprint density at radius 1 is 1.08 bits per heavy atom. The molecule has 0 radical (unpaired) electrons. The second kappa shape index (κ2) is 5.21. The average Bonchev–Trinajstić information content (AvgIpc) is 1.91. The van der Waals surface area contributed by atoms with Crippen LogP contribution in [0.2, 0.25) is 0 Å². The second-order valence-corrected chi connectivity index (χ2v) is 2.02. The van der Waals surface area contributed by atoms with Crippen LogP contribution < -0.4 is 61.2 Å². The largest absolute Gasteiger partial charge is 1.00 e. The molecule has 1 rings (SSSR count). The molecular formula is C7H4F3KO2. The van der Waals surface area contributed by atoms with Crippen LogP contribution in [-0.4, -0.2) is 6.36 Å². The molecule has 0 N–H and O–H groups in total. The van der Waals surface area contributed by atoms with Crippen molar-refractivity contribution in [2.24, 2.45) is 0 Å². The Hall–Kier alpha value is 0.246. The summed E-state index contributed by atoms with van der Waals surface area (Å²) in [7, 11) is 0. The van der Waals surface area contributed by atoms with Crippen molar-refractivity contribution < 1.29 is 74.4 Å². The monoisotopic (exact) mass is 216 g/mol. The van der Waals surface area contributed by atoms with E-state index in [0.717, 1.165) is 24.3 Å². The van der Waals surface area contributed by atoms with Gasteiger partial charge < -0.3 is 9.84 Å². The topological polar surface area (TPSA) is 32.3 Å². The van der Waals surface area contributed by atoms with E-state index in [2.05, 4.69) is 4.74 Å². The minimum absolute atomic E-state index is 0. The fourth-order valence-electron chi connectivity index (χ4n) is 0.641. The maximum Gasteiger partial charge on any atom is 1.00 e. The molecule has 6 heteroatoms. The third kappa shape index (κ3) is 5.53. The van der Waals surface area contributed by atoms with Gasteiger partial charge in [-0.15, -0.1) is 18.9 Å². The number of alkyl halides is 3. The Bertz CT molecular complexity index is 257. The number of hydrogen-bond acceptors (Lipinski definition) is 2. The molecule has 2 nitrogen and oxygen atoms in total. The number of benzene rings is 1. The van der Waals surface area contributed by atoms with Crippen LogP contribution in [0.5, 0.6) is 11.5 Å². The molecule has 1 aromatic rings. The molecule has 0 atom stereocenters. The zero-order valence-electron chi connectivity index (χ0n) is 6.76. The average molecular weight is 216 g/mol. The molecule has 0 aromatic heterocycles. The van der Waals surface area contributed by atoms with E-state index in [0.29, 0.717) is 0 Å². The standard InChI is InChI=1S/C7H5F3O2.K/c8-7(9,10)12-6-3-1-5(11)2-4-6;/h1-4,11H;/q;+1/p-1. The minimum atomic E-state index is -4.70. The van der Waals surface area contributed by atoms with Crippen molar-refractivity contribution in [2.45, 2.75) is 6.36 Å². The molecule has 0 aliphatic carbocycles. The Kier molecular flexibility index (Phi) is 5.31. The van der Waals surface area contributed by atoms with Gasteiger partial charge in [0.2, 0.25) is 0 Å². The molecule has 66 valence electrons. The molecule has 0 amide bonds. The van der Waals surface area contributed by atoms with Crippen LogP contribution in [-0.2, 0) is 0 Å². The van der Waals surface area contributed by atoms with Crippen LogP contribution in [0.15, 0.2) is 24.3 Å². The Morgan fingerprint density at radius 3 is 1.92 bits per heavy atom. The second-order valence-electron chi connectivity index (χ2n) is 2.02. The number of ether oxygens (including phenoxy) is 1. The summed E-state index contributed by atoms with van der Waals surface area (Å²) in [5, 5.41) is 10.5. The van der Waals surface area contributed by atoms with Crippen molar-refractivity contribution >= 4 is 0 Å². The van der Waals surface area contributed by atoms with Crippen molar-refractivity contribution in [2.75, 3.05) is 0 Å². The fraction of sp³-hybridized carbons (Fsp3) is 0.143. The Labute approximate surface area is 115 Å². The SMILES string of the molecule is [K+].[O-]c1ccc(OC(F)(F)F)cc1. The van der Waals surface area contributed by atoms with Gasteiger partial charge in [0.05, 0.1) is 0 Å². The van der Waals surface area contributed by atoms with E-state index in [-0.39, 0.29) is 62.9 Å². The first-order chi connectivity index (χ1) is 5.47. The van der Waals surface area contributed by atoms with E-state index in [9.17, 15) is 18.3 Å². The molecule has 0 aliphatic rings. The van der Waals surface area contributed by atoms with E-state index in [4.69, 9.17) is 0 Å². The molecular weight excluding hydrogens is 212 g/mol. The molecule has 0 aliphatic heterocycles. The van der Waals surface area contributed by atoms with Gasteiger partial charge in [0, 0.05) is 0 Å². The summed E-state index contributed by atoms with van der Waals surface area (Å²) in [6.07, 6.45) is -4.70. The predicted molar refractivity (Wildman–Crippen MR) is 32.6 cm³/mol. The van der Waals surface area contributed by atoms with E-state index in [1.807, 2.05) is 0 Å². The Balaban J connectivity index is 0.00000144. The summed E-state index contributed by atoms with van der Waals surface area (Å²) in [4.78, 5) is 0. The summed E-state index contributed by atoms with van der Waals surface area (Å²) in [6.45, 7) is 0. The summed E-state index contributed by atoms with van der Waals surface area (Å²) < 4.78 is 38.1. The third-order valence-electron chi connectivity index (χ3n) is 1.06. The zero-order valence-corrected chi connectivity index (χ0v) is 9.88. The summed E-state index contributed by atoms with van der Waals surface area (Å²) in [5.74, 6) is -0.744. The molecule has 0 heterocycles. The summed E-state index contributed by atoms with van der Waals surface area (Å²) in [6, 6.07) is 3.94. The van der Waals surface area contributed by atoms with Gasteiger partial charge in [0.25, 0.3) is 0 Å². The van der Waals surface area contributed by atoms with E-state index < -0.39 is 6.36 Å². The van der Waals surface area contributed by atoms with E-state index in [1.165, 1.54) is 0 Å². The van der Waals surface area contributed by atoms with Crippen LogP contribution in [0.4, 0.5) is 13.2 Å². The van der Waals surface area contributed by atoms with Crippen LogP contribution in [0, 0.1) is 0 Å². The number of rotatable bonds is 1. The molecule has 0 saturated carbocycles. The van der Waals surface area contributed by atoms with Crippen molar-refractivity contribution in [1.82, 2.24) is 0 Å². The van der Waals surface area contributed by atoms with Crippen molar-refractivity contribution in [1.29, 1.82) is 0 Å². The normalized spacial score (nSPS) is 10.4. The molecule has 0 saturated heterocycles. The van der Waals surface area contributed by atoms with Gasteiger partial charge in [-0.2, -0.15) is 0 Å². The van der Waals surface area contributed by atoms with Gasteiger partial charge in [-0.3, -0.25) is 0 Å². The maximum absolute atomic E-state index is 11.5. The number of hydrogen-bond donors (Lipinski definition) is 0.